The lowest BCUT2D eigenvalue weighted by Gasteiger charge is -2.26. The van der Waals surface area contributed by atoms with E-state index in [1.54, 1.807) is 0 Å². The molecule has 1 fully saturated rings. The van der Waals surface area contributed by atoms with Gasteiger partial charge in [-0.15, -0.1) is 15.0 Å². The van der Waals surface area contributed by atoms with Gasteiger partial charge in [0.2, 0.25) is 5.69 Å². The van der Waals surface area contributed by atoms with Crippen LogP contribution in [0, 0.1) is 11.3 Å². The van der Waals surface area contributed by atoms with Crippen LogP contribution in [0.25, 0.3) is 5.69 Å². The molecule has 0 spiro atoms. The van der Waals surface area contributed by atoms with E-state index in [1.807, 2.05) is 36.1 Å². The molecule has 9 heteroatoms. The number of hydrogen-bond donors (Lipinski definition) is 0. The summed E-state index contributed by atoms with van der Waals surface area (Å²) < 4.78 is 24.5. The predicted molar refractivity (Wildman–Crippen MR) is 93.9 cm³/mol. The van der Waals surface area contributed by atoms with Crippen molar-refractivity contribution in [2.24, 2.45) is 0 Å². The third kappa shape index (κ3) is 3.30. The number of anilines is 1. The van der Waals surface area contributed by atoms with Gasteiger partial charge in [-0.3, -0.25) is 0 Å². The van der Waals surface area contributed by atoms with E-state index < -0.39 is 9.84 Å². The van der Waals surface area contributed by atoms with Gasteiger partial charge in [0.25, 0.3) is 0 Å². The van der Waals surface area contributed by atoms with E-state index in [9.17, 15) is 13.7 Å². The molecule has 7 nitrogen and oxygen atoms in total. The summed E-state index contributed by atoms with van der Waals surface area (Å²) >= 11 is 3.37. The molecule has 1 atom stereocenters. The third-order valence-electron chi connectivity index (χ3n) is 4.02. The summed E-state index contributed by atoms with van der Waals surface area (Å²) in [6.07, 6.45) is 0.548. The first-order chi connectivity index (χ1) is 11.4. The minimum atomic E-state index is -3.01. The van der Waals surface area contributed by atoms with Crippen molar-refractivity contribution in [2.75, 3.05) is 23.0 Å². The summed E-state index contributed by atoms with van der Waals surface area (Å²) in [4.78, 5) is 3.28. The van der Waals surface area contributed by atoms with Crippen molar-refractivity contribution in [3.63, 3.8) is 0 Å². The molecule has 1 aromatic heterocycles. The second-order valence-corrected chi connectivity index (χ2v) is 8.74. The van der Waals surface area contributed by atoms with Crippen LogP contribution in [0.2, 0.25) is 0 Å². The van der Waals surface area contributed by atoms with Gasteiger partial charge in [-0.2, -0.15) is 5.26 Å². The molecule has 0 aliphatic carbocycles. The quantitative estimate of drug-likeness (QED) is 0.765. The van der Waals surface area contributed by atoms with Gasteiger partial charge >= 0.3 is 0 Å². The Morgan fingerprint density at radius 1 is 1.38 bits per heavy atom. The maximum absolute atomic E-state index is 11.8. The summed E-state index contributed by atoms with van der Waals surface area (Å²) in [5, 5.41) is 18.1. The van der Waals surface area contributed by atoms with Crippen LogP contribution in [0.5, 0.6) is 0 Å². The van der Waals surface area contributed by atoms with Gasteiger partial charge in [0.1, 0.15) is 6.07 Å². The molecule has 2 heterocycles. The number of rotatable bonds is 4. The molecule has 0 saturated carbocycles. The zero-order chi connectivity index (χ0) is 17.3. The Morgan fingerprint density at radius 2 is 2.08 bits per heavy atom. The molecule has 3 rings (SSSR count). The van der Waals surface area contributed by atoms with E-state index in [4.69, 9.17) is 0 Å². The number of nitrogens with zero attached hydrogens (tertiary/aromatic N) is 5. The predicted octanol–water partition coefficient (Wildman–Crippen LogP) is 1.91. The van der Waals surface area contributed by atoms with Gasteiger partial charge in [-0.05, 0) is 37.6 Å². The van der Waals surface area contributed by atoms with E-state index in [0.717, 1.165) is 10.2 Å². The Morgan fingerprint density at radius 3 is 2.62 bits per heavy atom. The summed E-state index contributed by atoms with van der Waals surface area (Å²) in [5.74, 6) is 0.707. The van der Waals surface area contributed by atoms with Gasteiger partial charge in [0, 0.05) is 17.1 Å². The van der Waals surface area contributed by atoms with Gasteiger partial charge in [0.05, 0.1) is 17.2 Å². The minimum Gasteiger partial charge on any atom is -0.349 e. The van der Waals surface area contributed by atoms with E-state index in [1.165, 1.54) is 4.80 Å². The summed E-state index contributed by atoms with van der Waals surface area (Å²) in [5.41, 5.74) is 0.931. The molecule has 0 radical (unpaired) electrons. The molecule has 0 N–H and O–H groups in total. The molecule has 0 amide bonds. The SMILES string of the molecule is CCN(c1nn(-c2ccc(Br)cc2)nc1C#N)C1CCS(=O)(=O)C1. The number of sulfone groups is 1. The maximum Gasteiger partial charge on any atom is 0.207 e. The molecular weight excluding hydrogens is 394 g/mol. The highest BCUT2D eigenvalue weighted by Crippen LogP contribution is 2.25. The highest BCUT2D eigenvalue weighted by Gasteiger charge is 2.34. The van der Waals surface area contributed by atoms with Crippen molar-refractivity contribution in [1.82, 2.24) is 15.0 Å². The van der Waals surface area contributed by atoms with E-state index in [2.05, 4.69) is 32.2 Å². The molecule has 2 aromatic rings. The standard InChI is InChI=1S/C15H16BrN5O2S/c1-2-20(13-7-8-24(22,23)10-13)15-14(9-17)18-21(19-15)12-5-3-11(16)4-6-12/h3-6,13H,2,7-8,10H2,1H3. The normalized spacial score (nSPS) is 19.1. The third-order valence-corrected chi connectivity index (χ3v) is 6.30. The van der Waals surface area contributed by atoms with Crippen LogP contribution in [0.1, 0.15) is 19.0 Å². The molecule has 1 saturated heterocycles. The van der Waals surface area contributed by atoms with Gasteiger partial charge in [-0.1, -0.05) is 15.9 Å². The molecule has 0 bridgehead atoms. The Hall–Kier alpha value is -1.92. The lowest BCUT2D eigenvalue weighted by atomic mass is 10.2. The van der Waals surface area contributed by atoms with Crippen molar-refractivity contribution in [3.8, 4) is 11.8 Å². The van der Waals surface area contributed by atoms with Crippen LogP contribution in [-0.4, -0.2) is 47.5 Å². The number of nitriles is 1. The van der Waals surface area contributed by atoms with Crippen molar-refractivity contribution in [3.05, 3.63) is 34.4 Å². The Labute approximate surface area is 148 Å². The van der Waals surface area contributed by atoms with Crippen LogP contribution in [-0.2, 0) is 9.84 Å². The molecule has 1 unspecified atom stereocenters. The van der Waals surface area contributed by atoms with Gasteiger partial charge in [0.15, 0.2) is 15.7 Å². The van der Waals surface area contributed by atoms with Crippen LogP contribution in [0.3, 0.4) is 0 Å². The largest absolute Gasteiger partial charge is 0.349 e. The van der Waals surface area contributed by atoms with Crippen molar-refractivity contribution in [2.45, 2.75) is 19.4 Å². The van der Waals surface area contributed by atoms with Crippen LogP contribution in [0.15, 0.2) is 28.7 Å². The lowest BCUT2D eigenvalue weighted by molar-refractivity contribution is 0.599. The van der Waals surface area contributed by atoms with Crippen molar-refractivity contribution in [1.29, 1.82) is 5.26 Å². The van der Waals surface area contributed by atoms with Gasteiger partial charge in [-0.25, -0.2) is 8.42 Å². The zero-order valence-corrected chi connectivity index (χ0v) is 15.5. The first-order valence-electron chi connectivity index (χ1n) is 7.54. The highest BCUT2D eigenvalue weighted by atomic mass is 79.9. The maximum atomic E-state index is 11.8. The van der Waals surface area contributed by atoms with Crippen LogP contribution >= 0.6 is 15.9 Å². The highest BCUT2D eigenvalue weighted by molar-refractivity contribution is 9.10. The molecular formula is C15H16BrN5O2S. The van der Waals surface area contributed by atoms with Crippen molar-refractivity contribution >= 4 is 31.6 Å². The van der Waals surface area contributed by atoms with Gasteiger partial charge < -0.3 is 4.90 Å². The number of aromatic nitrogens is 3. The second-order valence-electron chi connectivity index (χ2n) is 5.59. The Balaban J connectivity index is 1.97. The fraction of sp³-hybridized carbons (Fsp3) is 0.400. The zero-order valence-electron chi connectivity index (χ0n) is 13.1. The van der Waals surface area contributed by atoms with E-state index in [-0.39, 0.29) is 23.2 Å². The summed E-state index contributed by atoms with van der Waals surface area (Å²) in [7, 11) is -3.01. The average molecular weight is 410 g/mol. The summed E-state index contributed by atoms with van der Waals surface area (Å²) in [6, 6.07) is 9.31. The molecule has 1 aliphatic rings. The molecule has 1 aromatic carbocycles. The molecule has 126 valence electrons. The van der Waals surface area contributed by atoms with Crippen LogP contribution in [0.4, 0.5) is 5.82 Å². The van der Waals surface area contributed by atoms with Crippen molar-refractivity contribution < 1.29 is 8.42 Å². The first-order valence-corrected chi connectivity index (χ1v) is 10.2. The fourth-order valence-electron chi connectivity index (χ4n) is 2.86. The first kappa shape index (κ1) is 16.9. The summed E-state index contributed by atoms with van der Waals surface area (Å²) in [6.45, 7) is 2.48. The topological polar surface area (TPSA) is 91.9 Å². The minimum absolute atomic E-state index is 0.0941. The lowest BCUT2D eigenvalue weighted by Crippen LogP contribution is -2.37. The fourth-order valence-corrected chi connectivity index (χ4v) is 4.85. The monoisotopic (exact) mass is 409 g/mol. The van der Waals surface area contributed by atoms with E-state index in [0.29, 0.717) is 18.8 Å². The average Bonchev–Trinajstić information content (AvgIpc) is 3.13. The Bertz CT molecular complexity index is 886. The second kappa shape index (κ2) is 6.53. The number of benzene rings is 1. The number of hydrogen-bond acceptors (Lipinski definition) is 6. The van der Waals surface area contributed by atoms with E-state index >= 15 is 0 Å². The smallest absolute Gasteiger partial charge is 0.207 e. The molecule has 24 heavy (non-hydrogen) atoms. The van der Waals surface area contributed by atoms with Crippen LogP contribution < -0.4 is 4.90 Å². The number of halogens is 1. The molecule has 1 aliphatic heterocycles. The Kier molecular flexibility index (Phi) is 4.60.